The highest BCUT2D eigenvalue weighted by Crippen LogP contribution is 2.41. The van der Waals surface area contributed by atoms with E-state index in [2.05, 4.69) is 20.8 Å². The average molecular weight is 443 g/mol. The fourth-order valence-electron chi connectivity index (χ4n) is 4.66. The molecule has 31 heavy (non-hydrogen) atoms. The summed E-state index contributed by atoms with van der Waals surface area (Å²) in [6.45, 7) is 3.44. The smallest absolute Gasteiger partial charge is 0.354 e. The number of aliphatic hydroxyl groups excluding tert-OH is 1. The molecule has 2 aromatic rings. The molecule has 0 unspecified atom stereocenters. The van der Waals surface area contributed by atoms with Gasteiger partial charge in [-0.2, -0.15) is 10.4 Å². The minimum absolute atomic E-state index is 0.0457. The highest BCUT2D eigenvalue weighted by Gasteiger charge is 2.29. The van der Waals surface area contributed by atoms with Gasteiger partial charge in [0.2, 0.25) is 0 Å². The van der Waals surface area contributed by atoms with Crippen molar-refractivity contribution in [1.29, 1.82) is 5.26 Å². The minimum Gasteiger partial charge on any atom is -0.390 e. The summed E-state index contributed by atoms with van der Waals surface area (Å²) in [6, 6.07) is 2.89. The number of rotatable bonds is 4. The monoisotopic (exact) mass is 442 g/mol. The van der Waals surface area contributed by atoms with Gasteiger partial charge in [0.15, 0.2) is 14.9 Å². The molecular formula is C21H26N6O3S. The minimum atomic E-state index is -3.60. The van der Waals surface area contributed by atoms with E-state index in [4.69, 9.17) is 5.14 Å². The standard InChI is InChI=1S/C21H26N6O3S/c1-12(2)27-13(11-28)9-19(25-27)31(23,30)26-21(29)24-20-16-7-3-5-14(16)18(10-22)15-6-4-8-17(15)20/h9,12,28H,3-8,11H2,1-2H3,(H3,23,24,26,29,30)/t31-/m1/s1. The zero-order valence-electron chi connectivity index (χ0n) is 17.6. The Balaban J connectivity index is 1.71. The quantitative estimate of drug-likeness (QED) is 0.666. The molecule has 2 amide bonds. The molecule has 0 saturated carbocycles. The lowest BCUT2D eigenvalue weighted by molar-refractivity contribution is 0.260. The molecule has 4 rings (SSSR count). The first-order valence-corrected chi connectivity index (χ1v) is 12.0. The van der Waals surface area contributed by atoms with Crippen LogP contribution in [0.1, 0.15) is 66.2 Å². The number of nitriles is 1. The second-order valence-electron chi connectivity index (χ2n) is 8.24. The van der Waals surface area contributed by atoms with Crippen LogP contribution in [0.25, 0.3) is 0 Å². The number of nitrogens with zero attached hydrogens (tertiary/aromatic N) is 4. The maximum atomic E-state index is 13.0. The number of aliphatic hydroxyl groups is 1. The topological polar surface area (TPSA) is 146 Å². The van der Waals surface area contributed by atoms with Crippen molar-refractivity contribution < 1.29 is 14.1 Å². The van der Waals surface area contributed by atoms with Gasteiger partial charge in [-0.3, -0.25) is 4.68 Å². The van der Waals surface area contributed by atoms with Crippen LogP contribution in [0.3, 0.4) is 0 Å². The van der Waals surface area contributed by atoms with Crippen LogP contribution in [-0.2, 0) is 42.2 Å². The molecule has 1 heterocycles. The summed E-state index contributed by atoms with van der Waals surface area (Å²) in [5.41, 5.74) is 5.89. The van der Waals surface area contributed by atoms with E-state index in [9.17, 15) is 19.4 Å². The van der Waals surface area contributed by atoms with Crippen LogP contribution < -0.4 is 10.5 Å². The Morgan fingerprint density at radius 2 is 1.87 bits per heavy atom. The van der Waals surface area contributed by atoms with E-state index in [0.29, 0.717) is 11.4 Å². The zero-order chi connectivity index (χ0) is 22.3. The highest BCUT2D eigenvalue weighted by atomic mass is 32.2. The molecule has 0 aliphatic heterocycles. The van der Waals surface area contributed by atoms with Crippen LogP contribution in [0.4, 0.5) is 10.5 Å². The Kier molecular flexibility index (Phi) is 5.60. The van der Waals surface area contributed by atoms with Crippen molar-refractivity contribution in [2.24, 2.45) is 9.50 Å². The van der Waals surface area contributed by atoms with E-state index in [0.717, 1.165) is 66.3 Å². The number of anilines is 1. The molecule has 0 spiro atoms. The van der Waals surface area contributed by atoms with Crippen LogP contribution >= 0.6 is 0 Å². The molecule has 164 valence electrons. The molecule has 1 atom stereocenters. The van der Waals surface area contributed by atoms with Gasteiger partial charge in [0, 0.05) is 17.8 Å². The van der Waals surface area contributed by atoms with Gasteiger partial charge >= 0.3 is 6.03 Å². The molecule has 1 aromatic heterocycles. The predicted octanol–water partition coefficient (Wildman–Crippen LogP) is 2.74. The van der Waals surface area contributed by atoms with Gasteiger partial charge in [0.1, 0.15) is 0 Å². The molecule has 0 radical (unpaired) electrons. The van der Waals surface area contributed by atoms with Crippen molar-refractivity contribution in [3.05, 3.63) is 39.6 Å². The summed E-state index contributed by atoms with van der Waals surface area (Å²) < 4.78 is 18.3. The highest BCUT2D eigenvalue weighted by molar-refractivity contribution is 7.91. The maximum absolute atomic E-state index is 13.0. The number of nitrogens with two attached hydrogens (primary N) is 1. The number of amides is 2. The third kappa shape index (κ3) is 3.73. The fourth-order valence-corrected chi connectivity index (χ4v) is 5.55. The number of hydrogen-bond acceptors (Lipinski definition) is 5. The van der Waals surface area contributed by atoms with Crippen molar-refractivity contribution in [2.45, 2.75) is 70.0 Å². The van der Waals surface area contributed by atoms with Gasteiger partial charge in [0.05, 0.1) is 23.9 Å². The van der Waals surface area contributed by atoms with Crippen LogP contribution in [0.2, 0.25) is 0 Å². The number of carbonyl (C=O) groups is 1. The van der Waals surface area contributed by atoms with Crippen molar-refractivity contribution in [3.63, 3.8) is 0 Å². The Labute approximate surface area is 181 Å². The number of urea groups is 1. The number of nitrogens with one attached hydrogen (secondary N) is 1. The molecule has 2 aliphatic carbocycles. The first kappa shape index (κ1) is 21.5. The van der Waals surface area contributed by atoms with Crippen molar-refractivity contribution in [2.75, 3.05) is 5.32 Å². The molecule has 1 aromatic carbocycles. The number of hydrogen-bond donors (Lipinski definition) is 3. The second kappa shape index (κ2) is 8.07. The first-order chi connectivity index (χ1) is 14.8. The van der Waals surface area contributed by atoms with Gasteiger partial charge in [-0.25, -0.2) is 14.1 Å². The molecule has 0 fully saturated rings. The summed E-state index contributed by atoms with van der Waals surface area (Å²) in [5, 5.41) is 32.1. The van der Waals surface area contributed by atoms with Gasteiger partial charge in [0.25, 0.3) is 0 Å². The van der Waals surface area contributed by atoms with Crippen LogP contribution in [0, 0.1) is 11.3 Å². The Hall–Kier alpha value is -2.74. The molecule has 0 bridgehead atoms. The van der Waals surface area contributed by atoms with Crippen LogP contribution in [0.5, 0.6) is 0 Å². The van der Waals surface area contributed by atoms with Crippen molar-refractivity contribution in [3.8, 4) is 6.07 Å². The van der Waals surface area contributed by atoms with Crippen LogP contribution in [-0.4, -0.2) is 25.1 Å². The predicted molar refractivity (Wildman–Crippen MR) is 116 cm³/mol. The van der Waals surface area contributed by atoms with Crippen molar-refractivity contribution >= 4 is 21.6 Å². The van der Waals surface area contributed by atoms with E-state index < -0.39 is 15.9 Å². The van der Waals surface area contributed by atoms with Gasteiger partial charge in [-0.05, 0) is 74.6 Å². The Morgan fingerprint density at radius 1 is 1.29 bits per heavy atom. The maximum Gasteiger partial charge on any atom is 0.354 e. The number of benzene rings is 1. The van der Waals surface area contributed by atoms with E-state index in [-0.39, 0.29) is 17.7 Å². The molecule has 10 heteroatoms. The third-order valence-electron chi connectivity index (χ3n) is 5.95. The molecule has 9 nitrogen and oxygen atoms in total. The van der Waals surface area contributed by atoms with Gasteiger partial charge in [-0.1, -0.05) is 0 Å². The fraction of sp³-hybridized carbons (Fsp3) is 0.476. The van der Waals surface area contributed by atoms with Crippen LogP contribution in [0.15, 0.2) is 15.5 Å². The summed E-state index contributed by atoms with van der Waals surface area (Å²) in [5.74, 6) is 0. The summed E-state index contributed by atoms with van der Waals surface area (Å²) in [4.78, 5) is 12.8. The SMILES string of the molecule is CC(C)n1nc([S@](N)(=O)=NC(=O)Nc2c3c(c(C#N)c4c2CCC4)CCC3)cc1CO. The van der Waals surface area contributed by atoms with E-state index in [1.165, 1.54) is 10.7 Å². The van der Waals surface area contributed by atoms with Crippen molar-refractivity contribution in [1.82, 2.24) is 9.78 Å². The number of fused-ring (bicyclic) bond motifs is 2. The largest absolute Gasteiger partial charge is 0.390 e. The van der Waals surface area contributed by atoms with Gasteiger partial charge < -0.3 is 10.4 Å². The summed E-state index contributed by atoms with van der Waals surface area (Å²) in [6.07, 6.45) is 5.05. The molecule has 4 N–H and O–H groups in total. The second-order valence-corrected chi connectivity index (χ2v) is 9.98. The molecule has 2 aliphatic rings. The summed E-state index contributed by atoms with van der Waals surface area (Å²) >= 11 is 0. The third-order valence-corrected chi connectivity index (χ3v) is 7.18. The molecular weight excluding hydrogens is 416 g/mol. The van der Waals surface area contributed by atoms with E-state index in [1.807, 2.05) is 13.8 Å². The number of aromatic nitrogens is 2. The normalized spacial score (nSPS) is 16.5. The lowest BCUT2D eigenvalue weighted by atomic mass is 9.93. The van der Waals surface area contributed by atoms with E-state index >= 15 is 0 Å². The summed E-state index contributed by atoms with van der Waals surface area (Å²) in [7, 11) is -3.60. The lowest BCUT2D eigenvalue weighted by Crippen LogP contribution is -2.20. The van der Waals surface area contributed by atoms with Gasteiger partial charge in [-0.15, -0.1) is 4.36 Å². The Bertz CT molecular complexity index is 1200. The zero-order valence-corrected chi connectivity index (χ0v) is 18.5. The Morgan fingerprint density at radius 3 is 2.35 bits per heavy atom. The first-order valence-electron chi connectivity index (χ1n) is 10.4. The lowest BCUT2D eigenvalue weighted by Gasteiger charge is -2.17. The average Bonchev–Trinajstić information content (AvgIpc) is 3.45. The molecule has 0 saturated heterocycles. The van der Waals surface area contributed by atoms with E-state index in [1.54, 1.807) is 0 Å². The number of carbonyl (C=O) groups excluding carboxylic acids is 1.